The summed E-state index contributed by atoms with van der Waals surface area (Å²) < 4.78 is 32.2. The molecule has 0 radical (unpaired) electrons. The van der Waals surface area contributed by atoms with Gasteiger partial charge in [-0.1, -0.05) is 30.3 Å². The Balaban J connectivity index is 2.37. The summed E-state index contributed by atoms with van der Waals surface area (Å²) in [7, 11) is -3.38. The summed E-state index contributed by atoms with van der Waals surface area (Å²) in [5.74, 6) is 0.579. The molecule has 0 saturated carbocycles. The lowest BCUT2D eigenvalue weighted by molar-refractivity contribution is 0.470. The van der Waals surface area contributed by atoms with E-state index >= 15 is 0 Å². The fourth-order valence-corrected chi connectivity index (χ4v) is 2.54. The van der Waals surface area contributed by atoms with E-state index in [1.807, 2.05) is 30.3 Å². The molecule has 0 aliphatic heterocycles. The zero-order chi connectivity index (χ0) is 13.9. The van der Waals surface area contributed by atoms with Crippen LogP contribution in [-0.2, 0) is 10.0 Å². The van der Waals surface area contributed by atoms with Crippen LogP contribution in [0, 0.1) is 0 Å². The molecule has 2 rings (SSSR count). The van der Waals surface area contributed by atoms with Gasteiger partial charge in [0.05, 0.1) is 11.5 Å². The molecule has 1 aromatic carbocycles. The number of nitrogens with one attached hydrogen (secondary N) is 1. The minimum atomic E-state index is -3.38. The highest BCUT2D eigenvalue weighted by molar-refractivity contribution is 7.90. The summed E-state index contributed by atoms with van der Waals surface area (Å²) in [5.41, 5.74) is 0.849. The molecule has 0 spiro atoms. The lowest BCUT2D eigenvalue weighted by Gasteiger charge is -2.18. The SMILES string of the molecule is CC(C)S(=O)(=O)NC(c1ccccc1)c1ccco1. The molecule has 0 aliphatic carbocycles. The first-order valence-corrected chi connectivity index (χ1v) is 7.65. The summed E-state index contributed by atoms with van der Waals surface area (Å²) in [6.07, 6.45) is 1.54. The molecule has 1 heterocycles. The van der Waals surface area contributed by atoms with E-state index < -0.39 is 21.3 Å². The summed E-state index contributed by atoms with van der Waals surface area (Å²) in [4.78, 5) is 0. The maximum atomic E-state index is 12.1. The lowest BCUT2D eigenvalue weighted by Crippen LogP contribution is -2.34. The van der Waals surface area contributed by atoms with Crippen molar-refractivity contribution in [2.45, 2.75) is 25.1 Å². The van der Waals surface area contributed by atoms with Crippen LogP contribution in [0.5, 0.6) is 0 Å². The molecular formula is C14H17NO3S. The van der Waals surface area contributed by atoms with E-state index in [4.69, 9.17) is 4.42 Å². The average Bonchev–Trinajstić information content (AvgIpc) is 2.90. The van der Waals surface area contributed by atoms with Crippen molar-refractivity contribution in [2.24, 2.45) is 0 Å². The second-order valence-electron chi connectivity index (χ2n) is 4.57. The highest BCUT2D eigenvalue weighted by atomic mass is 32.2. The van der Waals surface area contributed by atoms with Gasteiger partial charge in [-0.3, -0.25) is 0 Å². The third kappa shape index (κ3) is 3.24. The number of hydrogen-bond acceptors (Lipinski definition) is 3. The van der Waals surface area contributed by atoms with E-state index in [1.54, 1.807) is 26.0 Å². The molecule has 0 bridgehead atoms. The molecule has 0 saturated heterocycles. The number of sulfonamides is 1. The highest BCUT2D eigenvalue weighted by Gasteiger charge is 2.25. The normalized spacial score (nSPS) is 13.6. The number of furan rings is 1. The highest BCUT2D eigenvalue weighted by Crippen LogP contribution is 2.23. The van der Waals surface area contributed by atoms with Gasteiger partial charge in [-0.05, 0) is 31.5 Å². The third-order valence-electron chi connectivity index (χ3n) is 2.86. The summed E-state index contributed by atoms with van der Waals surface area (Å²) in [6, 6.07) is 12.4. The van der Waals surface area contributed by atoms with Crippen LogP contribution >= 0.6 is 0 Å². The van der Waals surface area contributed by atoms with Crippen LogP contribution in [0.1, 0.15) is 31.2 Å². The molecular weight excluding hydrogens is 262 g/mol. The molecule has 1 aromatic heterocycles. The van der Waals surface area contributed by atoms with Crippen LogP contribution in [0.25, 0.3) is 0 Å². The molecule has 19 heavy (non-hydrogen) atoms. The van der Waals surface area contributed by atoms with Gasteiger partial charge in [-0.2, -0.15) is 4.72 Å². The van der Waals surface area contributed by atoms with E-state index in [2.05, 4.69) is 4.72 Å². The maximum Gasteiger partial charge on any atom is 0.214 e. The zero-order valence-electron chi connectivity index (χ0n) is 10.9. The quantitative estimate of drug-likeness (QED) is 0.915. The van der Waals surface area contributed by atoms with Crippen LogP contribution in [0.15, 0.2) is 53.1 Å². The molecule has 1 unspecified atom stereocenters. The average molecular weight is 279 g/mol. The molecule has 4 nitrogen and oxygen atoms in total. The Morgan fingerprint density at radius 1 is 1.05 bits per heavy atom. The van der Waals surface area contributed by atoms with E-state index in [0.717, 1.165) is 5.56 Å². The van der Waals surface area contributed by atoms with Crippen molar-refractivity contribution in [3.63, 3.8) is 0 Å². The van der Waals surface area contributed by atoms with Crippen LogP contribution in [0.3, 0.4) is 0 Å². The predicted molar refractivity (Wildman–Crippen MR) is 74.2 cm³/mol. The number of hydrogen-bond donors (Lipinski definition) is 1. The molecule has 2 aromatic rings. The van der Waals surface area contributed by atoms with Gasteiger partial charge in [0.15, 0.2) is 0 Å². The van der Waals surface area contributed by atoms with Gasteiger partial charge in [-0.25, -0.2) is 8.42 Å². The molecule has 1 atom stereocenters. The monoisotopic (exact) mass is 279 g/mol. The maximum absolute atomic E-state index is 12.1. The Bertz CT molecular complexity index is 603. The molecule has 0 amide bonds. The summed E-state index contributed by atoms with van der Waals surface area (Å²) in [6.45, 7) is 3.29. The fraction of sp³-hybridized carbons (Fsp3) is 0.286. The Kier molecular flexibility index (Phi) is 4.07. The molecule has 0 aliphatic rings. The standard InChI is InChI=1S/C14H17NO3S/c1-11(2)19(16,17)15-14(13-9-6-10-18-13)12-7-4-3-5-8-12/h3-11,14-15H,1-2H3. The van der Waals surface area contributed by atoms with Gasteiger partial charge in [0, 0.05) is 0 Å². The molecule has 1 N–H and O–H groups in total. The first-order valence-electron chi connectivity index (χ1n) is 6.10. The lowest BCUT2D eigenvalue weighted by atomic mass is 10.1. The largest absolute Gasteiger partial charge is 0.467 e. The van der Waals surface area contributed by atoms with Crippen molar-refractivity contribution in [3.8, 4) is 0 Å². The van der Waals surface area contributed by atoms with Crippen molar-refractivity contribution in [2.75, 3.05) is 0 Å². The Morgan fingerprint density at radius 3 is 2.26 bits per heavy atom. The Labute approximate surface area is 113 Å². The van der Waals surface area contributed by atoms with Crippen LogP contribution < -0.4 is 4.72 Å². The van der Waals surface area contributed by atoms with E-state index in [-0.39, 0.29) is 0 Å². The number of rotatable bonds is 5. The van der Waals surface area contributed by atoms with Gasteiger partial charge in [0.25, 0.3) is 0 Å². The van der Waals surface area contributed by atoms with Gasteiger partial charge < -0.3 is 4.42 Å². The smallest absolute Gasteiger partial charge is 0.214 e. The third-order valence-corrected chi connectivity index (χ3v) is 4.67. The topological polar surface area (TPSA) is 59.3 Å². The van der Waals surface area contributed by atoms with Crippen LogP contribution in [0.4, 0.5) is 0 Å². The van der Waals surface area contributed by atoms with E-state index in [9.17, 15) is 8.42 Å². The van der Waals surface area contributed by atoms with Crippen molar-refractivity contribution < 1.29 is 12.8 Å². The second-order valence-corrected chi connectivity index (χ2v) is 6.84. The van der Waals surface area contributed by atoms with E-state index in [1.165, 1.54) is 6.26 Å². The first-order chi connectivity index (χ1) is 9.00. The molecule has 5 heteroatoms. The Hall–Kier alpha value is -1.59. The summed E-state index contributed by atoms with van der Waals surface area (Å²) in [5, 5.41) is -0.492. The fourth-order valence-electron chi connectivity index (χ4n) is 1.69. The van der Waals surface area contributed by atoms with Crippen molar-refractivity contribution in [1.29, 1.82) is 0 Å². The van der Waals surface area contributed by atoms with Crippen molar-refractivity contribution in [3.05, 3.63) is 60.1 Å². The van der Waals surface area contributed by atoms with Gasteiger partial charge in [0.1, 0.15) is 11.8 Å². The minimum absolute atomic E-state index is 0.492. The van der Waals surface area contributed by atoms with E-state index in [0.29, 0.717) is 5.76 Å². The van der Waals surface area contributed by atoms with Gasteiger partial charge >= 0.3 is 0 Å². The van der Waals surface area contributed by atoms with Crippen molar-refractivity contribution >= 4 is 10.0 Å². The second kappa shape index (κ2) is 5.59. The molecule has 102 valence electrons. The first kappa shape index (κ1) is 13.8. The Morgan fingerprint density at radius 2 is 1.74 bits per heavy atom. The van der Waals surface area contributed by atoms with Gasteiger partial charge in [0.2, 0.25) is 10.0 Å². The minimum Gasteiger partial charge on any atom is -0.467 e. The van der Waals surface area contributed by atoms with Crippen LogP contribution in [0.2, 0.25) is 0 Å². The molecule has 0 fully saturated rings. The number of benzene rings is 1. The van der Waals surface area contributed by atoms with Crippen LogP contribution in [-0.4, -0.2) is 13.7 Å². The predicted octanol–water partition coefficient (Wildman–Crippen LogP) is 2.70. The van der Waals surface area contributed by atoms with Gasteiger partial charge in [-0.15, -0.1) is 0 Å². The van der Waals surface area contributed by atoms with Crippen molar-refractivity contribution in [1.82, 2.24) is 4.72 Å². The zero-order valence-corrected chi connectivity index (χ0v) is 11.7. The summed E-state index contributed by atoms with van der Waals surface area (Å²) >= 11 is 0.